The number of rotatable bonds is 6. The molecule has 2 amide bonds. The summed E-state index contributed by atoms with van der Waals surface area (Å²) in [6.07, 6.45) is 0.559. The molecular weight excluding hydrogens is 354 g/mol. The molecule has 2 rings (SSSR count). The van der Waals surface area contributed by atoms with E-state index in [-0.39, 0.29) is 5.41 Å². The van der Waals surface area contributed by atoms with E-state index in [1.54, 1.807) is 12.1 Å². The minimum absolute atomic E-state index is 0.0202. The molecule has 0 aliphatic heterocycles. The van der Waals surface area contributed by atoms with Crippen LogP contribution in [0.4, 0.5) is 0 Å². The van der Waals surface area contributed by atoms with Crippen LogP contribution in [0.15, 0.2) is 54.6 Å². The van der Waals surface area contributed by atoms with Gasteiger partial charge in [0.1, 0.15) is 0 Å². The number of amides is 2. The van der Waals surface area contributed by atoms with Crippen molar-refractivity contribution in [3.63, 3.8) is 0 Å². The molecule has 0 aliphatic rings. The van der Waals surface area contributed by atoms with E-state index in [1.165, 1.54) is 0 Å². The molecule has 0 saturated carbocycles. The number of carbonyl (C=O) groups excluding carboxylic acids is 3. The minimum Gasteiger partial charge on any atom is -0.455 e. The van der Waals surface area contributed by atoms with E-state index in [9.17, 15) is 14.4 Å². The molecule has 0 fully saturated rings. The molecule has 0 aromatic heterocycles. The standard InChI is InChI=1S/C23H27NO4/c1-5-19(16-9-7-6-8-10-16)22(27)28-15-20(25)24-21(26)17-11-13-18(14-12-17)23(2,3)4/h6-14,19H,5,15H2,1-4H3,(H,24,25,26)/t19-/m1/s1. The Morgan fingerprint density at radius 1 is 0.964 bits per heavy atom. The summed E-state index contributed by atoms with van der Waals surface area (Å²) in [5, 5.41) is 2.25. The summed E-state index contributed by atoms with van der Waals surface area (Å²) in [4.78, 5) is 36.5. The predicted octanol–water partition coefficient (Wildman–Crippen LogP) is 3.98. The lowest BCUT2D eigenvalue weighted by Crippen LogP contribution is -2.34. The van der Waals surface area contributed by atoms with Gasteiger partial charge in [0.2, 0.25) is 0 Å². The second-order valence-corrected chi connectivity index (χ2v) is 7.68. The third-order valence-corrected chi connectivity index (χ3v) is 4.51. The van der Waals surface area contributed by atoms with Crippen molar-refractivity contribution in [2.45, 2.75) is 45.4 Å². The fourth-order valence-electron chi connectivity index (χ4n) is 2.82. The van der Waals surface area contributed by atoms with Gasteiger partial charge in [-0.1, -0.05) is 70.2 Å². The molecule has 0 spiro atoms. The van der Waals surface area contributed by atoms with Crippen molar-refractivity contribution in [1.82, 2.24) is 5.32 Å². The van der Waals surface area contributed by atoms with E-state index in [1.807, 2.05) is 49.4 Å². The molecule has 5 nitrogen and oxygen atoms in total. The van der Waals surface area contributed by atoms with Crippen molar-refractivity contribution in [2.75, 3.05) is 6.61 Å². The molecule has 1 N–H and O–H groups in total. The van der Waals surface area contributed by atoms with Crippen LogP contribution in [0, 0.1) is 0 Å². The number of ether oxygens (including phenoxy) is 1. The van der Waals surface area contributed by atoms with Crippen molar-refractivity contribution >= 4 is 17.8 Å². The number of benzene rings is 2. The maximum atomic E-state index is 12.3. The first kappa shape index (κ1) is 21.4. The fraction of sp³-hybridized carbons (Fsp3) is 0.348. The van der Waals surface area contributed by atoms with Gasteiger partial charge in [0.15, 0.2) is 6.61 Å². The summed E-state index contributed by atoms with van der Waals surface area (Å²) < 4.78 is 5.11. The van der Waals surface area contributed by atoms with E-state index in [2.05, 4.69) is 26.1 Å². The van der Waals surface area contributed by atoms with Crippen molar-refractivity contribution in [1.29, 1.82) is 0 Å². The smallest absolute Gasteiger partial charge is 0.313 e. The first-order valence-electron chi connectivity index (χ1n) is 9.38. The lowest BCUT2D eigenvalue weighted by Gasteiger charge is -2.19. The van der Waals surface area contributed by atoms with Crippen LogP contribution in [-0.4, -0.2) is 24.4 Å². The Balaban J connectivity index is 1.89. The van der Waals surface area contributed by atoms with Crippen LogP contribution in [0.1, 0.15) is 61.5 Å². The van der Waals surface area contributed by atoms with Gasteiger partial charge >= 0.3 is 5.97 Å². The molecule has 0 aliphatic carbocycles. The first-order valence-corrected chi connectivity index (χ1v) is 9.38. The van der Waals surface area contributed by atoms with Crippen molar-refractivity contribution in [2.24, 2.45) is 0 Å². The molecule has 5 heteroatoms. The SMILES string of the molecule is CC[C@@H](C(=O)OCC(=O)NC(=O)c1ccc(C(C)(C)C)cc1)c1ccccc1. The fourth-order valence-corrected chi connectivity index (χ4v) is 2.82. The van der Waals surface area contributed by atoms with Crippen LogP contribution in [-0.2, 0) is 19.7 Å². The Bertz CT molecular complexity index is 820. The summed E-state index contributed by atoms with van der Waals surface area (Å²) in [6, 6.07) is 16.4. The van der Waals surface area contributed by atoms with Gasteiger partial charge in [-0.05, 0) is 35.1 Å². The number of esters is 1. The third-order valence-electron chi connectivity index (χ3n) is 4.51. The maximum absolute atomic E-state index is 12.3. The predicted molar refractivity (Wildman–Crippen MR) is 108 cm³/mol. The molecule has 2 aromatic carbocycles. The summed E-state index contributed by atoms with van der Waals surface area (Å²) in [5.41, 5.74) is 2.29. The average molecular weight is 381 g/mol. The van der Waals surface area contributed by atoms with Gasteiger partial charge in [-0.3, -0.25) is 19.7 Å². The Hall–Kier alpha value is -2.95. The van der Waals surface area contributed by atoms with E-state index in [4.69, 9.17) is 4.74 Å². The Morgan fingerprint density at radius 2 is 1.57 bits per heavy atom. The number of hydrogen-bond acceptors (Lipinski definition) is 4. The Kier molecular flexibility index (Phi) is 7.10. The van der Waals surface area contributed by atoms with Crippen molar-refractivity contribution in [3.8, 4) is 0 Å². The maximum Gasteiger partial charge on any atom is 0.313 e. The third kappa shape index (κ3) is 5.78. The van der Waals surface area contributed by atoms with Gasteiger partial charge in [0.25, 0.3) is 11.8 Å². The van der Waals surface area contributed by atoms with E-state index in [0.717, 1.165) is 11.1 Å². The van der Waals surface area contributed by atoms with E-state index in [0.29, 0.717) is 12.0 Å². The highest BCUT2D eigenvalue weighted by Gasteiger charge is 2.21. The zero-order valence-corrected chi connectivity index (χ0v) is 16.8. The number of hydrogen-bond donors (Lipinski definition) is 1. The monoisotopic (exact) mass is 381 g/mol. The summed E-state index contributed by atoms with van der Waals surface area (Å²) in [5.74, 6) is -2.08. The molecular formula is C23H27NO4. The molecule has 28 heavy (non-hydrogen) atoms. The highest BCUT2D eigenvalue weighted by Crippen LogP contribution is 2.22. The van der Waals surface area contributed by atoms with Gasteiger partial charge in [0, 0.05) is 5.56 Å². The van der Waals surface area contributed by atoms with Crippen LogP contribution in [0.3, 0.4) is 0 Å². The van der Waals surface area contributed by atoms with Gasteiger partial charge in [-0.15, -0.1) is 0 Å². The number of carbonyl (C=O) groups is 3. The second-order valence-electron chi connectivity index (χ2n) is 7.68. The lowest BCUT2D eigenvalue weighted by atomic mass is 9.87. The largest absolute Gasteiger partial charge is 0.455 e. The van der Waals surface area contributed by atoms with Crippen LogP contribution in [0.25, 0.3) is 0 Å². The van der Waals surface area contributed by atoms with Crippen LogP contribution in [0.2, 0.25) is 0 Å². The van der Waals surface area contributed by atoms with E-state index < -0.39 is 30.3 Å². The first-order chi connectivity index (χ1) is 13.2. The Labute approximate surface area is 166 Å². The van der Waals surface area contributed by atoms with Gasteiger partial charge < -0.3 is 4.74 Å². The molecule has 2 aromatic rings. The van der Waals surface area contributed by atoms with E-state index >= 15 is 0 Å². The quantitative estimate of drug-likeness (QED) is 0.768. The summed E-state index contributed by atoms with van der Waals surface area (Å²) in [7, 11) is 0. The lowest BCUT2D eigenvalue weighted by molar-refractivity contribution is -0.149. The zero-order chi connectivity index (χ0) is 20.7. The Morgan fingerprint density at radius 3 is 2.11 bits per heavy atom. The topological polar surface area (TPSA) is 72.5 Å². The molecule has 0 radical (unpaired) electrons. The molecule has 1 atom stereocenters. The highest BCUT2D eigenvalue weighted by molar-refractivity contribution is 6.05. The highest BCUT2D eigenvalue weighted by atomic mass is 16.5. The van der Waals surface area contributed by atoms with Crippen molar-refractivity contribution < 1.29 is 19.1 Å². The van der Waals surface area contributed by atoms with Crippen LogP contribution >= 0.6 is 0 Å². The molecule has 0 unspecified atom stereocenters. The molecule has 148 valence electrons. The van der Waals surface area contributed by atoms with Gasteiger partial charge in [-0.25, -0.2) is 0 Å². The second kappa shape index (κ2) is 9.31. The number of imide groups is 1. The summed E-state index contributed by atoms with van der Waals surface area (Å²) in [6.45, 7) is 7.63. The van der Waals surface area contributed by atoms with Crippen LogP contribution < -0.4 is 5.32 Å². The summed E-state index contributed by atoms with van der Waals surface area (Å²) >= 11 is 0. The zero-order valence-electron chi connectivity index (χ0n) is 16.8. The number of nitrogens with one attached hydrogen (secondary N) is 1. The van der Waals surface area contributed by atoms with Gasteiger partial charge in [-0.2, -0.15) is 0 Å². The minimum atomic E-state index is -0.652. The van der Waals surface area contributed by atoms with Gasteiger partial charge in [0.05, 0.1) is 5.92 Å². The molecule has 0 saturated heterocycles. The van der Waals surface area contributed by atoms with Crippen molar-refractivity contribution in [3.05, 3.63) is 71.3 Å². The average Bonchev–Trinajstić information content (AvgIpc) is 2.67. The van der Waals surface area contributed by atoms with Crippen LogP contribution in [0.5, 0.6) is 0 Å². The molecule has 0 bridgehead atoms. The normalized spacial score (nSPS) is 12.1. The molecule has 0 heterocycles.